The molecule has 1 amide bonds. The number of nitrogens with zero attached hydrogens (tertiary/aromatic N) is 3. The number of rotatable bonds is 6. The third kappa shape index (κ3) is 4.51. The summed E-state index contributed by atoms with van der Waals surface area (Å²) in [5, 5.41) is 2.82. The van der Waals surface area contributed by atoms with Gasteiger partial charge in [0.1, 0.15) is 16.5 Å². The van der Waals surface area contributed by atoms with Crippen LogP contribution in [0.4, 0.5) is 11.5 Å². The van der Waals surface area contributed by atoms with Gasteiger partial charge in [0, 0.05) is 38.1 Å². The zero-order valence-corrected chi connectivity index (χ0v) is 18.2. The number of morpholine rings is 1. The van der Waals surface area contributed by atoms with E-state index in [9.17, 15) is 13.2 Å². The Morgan fingerprint density at radius 1 is 1.13 bits per heavy atom. The molecule has 0 aliphatic carbocycles. The average Bonchev–Trinajstić information content (AvgIpc) is 3.34. The van der Waals surface area contributed by atoms with Gasteiger partial charge in [0.2, 0.25) is 10.0 Å². The number of carbonyl (C=O) groups excluding carboxylic acids is 1. The monoisotopic (exact) mass is 446 g/mol. The molecule has 2 aliphatic rings. The lowest BCUT2D eigenvalue weighted by atomic mass is 10.2. The molecule has 31 heavy (non-hydrogen) atoms. The fourth-order valence-corrected chi connectivity index (χ4v) is 5.43. The highest BCUT2D eigenvalue weighted by atomic mass is 32.2. The number of benzene rings is 1. The average molecular weight is 447 g/mol. The van der Waals surface area contributed by atoms with Crippen LogP contribution in [0.25, 0.3) is 0 Å². The third-order valence-corrected chi connectivity index (χ3v) is 7.37. The van der Waals surface area contributed by atoms with E-state index in [4.69, 9.17) is 9.47 Å². The molecule has 0 saturated carbocycles. The number of aromatic nitrogens is 1. The van der Waals surface area contributed by atoms with Crippen LogP contribution in [0.15, 0.2) is 41.4 Å². The molecule has 0 spiro atoms. The van der Waals surface area contributed by atoms with Crippen LogP contribution in [0.5, 0.6) is 5.75 Å². The number of hydrogen-bond donors (Lipinski definition) is 1. The molecule has 10 heteroatoms. The van der Waals surface area contributed by atoms with Crippen molar-refractivity contribution < 1.29 is 22.7 Å². The standard InChI is InChI=1S/C21H26N4O5S/c1-29-18-7-6-16(15-19(18)31(27,28)25-11-13-30-14-12-25)23-21(26)17-5-4-8-22-20(17)24-9-2-3-10-24/h4-8,15H,2-3,9-14H2,1H3,(H,23,26). The molecule has 1 aromatic heterocycles. The molecule has 0 atom stereocenters. The van der Waals surface area contributed by atoms with Crippen molar-refractivity contribution in [1.82, 2.24) is 9.29 Å². The molecule has 1 aromatic carbocycles. The minimum Gasteiger partial charge on any atom is -0.495 e. The summed E-state index contributed by atoms with van der Waals surface area (Å²) in [6.45, 7) is 2.97. The number of nitrogens with one attached hydrogen (secondary N) is 1. The highest BCUT2D eigenvalue weighted by molar-refractivity contribution is 7.89. The van der Waals surface area contributed by atoms with Crippen molar-refractivity contribution in [3.05, 3.63) is 42.1 Å². The largest absolute Gasteiger partial charge is 0.495 e. The fourth-order valence-electron chi connectivity index (χ4n) is 3.84. The van der Waals surface area contributed by atoms with E-state index in [0.717, 1.165) is 25.9 Å². The Hall–Kier alpha value is -2.69. The molecular weight excluding hydrogens is 420 g/mol. The summed E-state index contributed by atoms with van der Waals surface area (Å²) in [5.41, 5.74) is 0.826. The number of anilines is 2. The quantitative estimate of drug-likeness (QED) is 0.724. The van der Waals surface area contributed by atoms with Crippen molar-refractivity contribution in [3.8, 4) is 5.75 Å². The second-order valence-corrected chi connectivity index (χ2v) is 9.31. The van der Waals surface area contributed by atoms with E-state index in [1.165, 1.54) is 17.5 Å². The van der Waals surface area contributed by atoms with Crippen LogP contribution in [0.1, 0.15) is 23.2 Å². The summed E-state index contributed by atoms with van der Waals surface area (Å²) in [7, 11) is -2.37. The number of pyridine rings is 1. The molecule has 2 aliphatic heterocycles. The first-order valence-electron chi connectivity index (χ1n) is 10.3. The zero-order valence-electron chi connectivity index (χ0n) is 17.4. The third-order valence-electron chi connectivity index (χ3n) is 5.45. The lowest BCUT2D eigenvalue weighted by Crippen LogP contribution is -2.40. The molecule has 2 fully saturated rings. The minimum absolute atomic E-state index is 0.0145. The Morgan fingerprint density at radius 2 is 1.87 bits per heavy atom. The number of hydrogen-bond acceptors (Lipinski definition) is 7. The van der Waals surface area contributed by atoms with Crippen LogP contribution in [0.3, 0.4) is 0 Å². The highest BCUT2D eigenvalue weighted by Gasteiger charge is 2.30. The van der Waals surface area contributed by atoms with Gasteiger partial charge in [-0.25, -0.2) is 13.4 Å². The lowest BCUT2D eigenvalue weighted by Gasteiger charge is -2.27. The zero-order chi connectivity index (χ0) is 21.8. The molecule has 166 valence electrons. The molecule has 0 radical (unpaired) electrons. The van der Waals surface area contributed by atoms with Crippen LogP contribution in [-0.4, -0.2) is 70.1 Å². The SMILES string of the molecule is COc1ccc(NC(=O)c2cccnc2N2CCCC2)cc1S(=O)(=O)N1CCOCC1. The van der Waals surface area contributed by atoms with Crippen molar-refractivity contribution >= 4 is 27.4 Å². The maximum Gasteiger partial charge on any atom is 0.259 e. The van der Waals surface area contributed by atoms with Gasteiger partial charge >= 0.3 is 0 Å². The second kappa shape index (κ2) is 9.21. The maximum atomic E-state index is 13.2. The normalized spacial score (nSPS) is 17.5. The molecule has 1 N–H and O–H groups in total. The Morgan fingerprint density at radius 3 is 2.58 bits per heavy atom. The summed E-state index contributed by atoms with van der Waals surface area (Å²) in [4.78, 5) is 19.5. The minimum atomic E-state index is -3.79. The summed E-state index contributed by atoms with van der Waals surface area (Å²) < 4.78 is 38.2. The predicted octanol–water partition coefficient (Wildman–Crippen LogP) is 1.96. The van der Waals surface area contributed by atoms with E-state index in [1.54, 1.807) is 30.5 Å². The van der Waals surface area contributed by atoms with Crippen molar-refractivity contribution in [1.29, 1.82) is 0 Å². The van der Waals surface area contributed by atoms with E-state index in [-0.39, 0.29) is 29.6 Å². The van der Waals surface area contributed by atoms with E-state index < -0.39 is 10.0 Å². The van der Waals surface area contributed by atoms with Gasteiger partial charge in [0.15, 0.2) is 0 Å². The van der Waals surface area contributed by atoms with Crippen LogP contribution in [0, 0.1) is 0 Å². The van der Waals surface area contributed by atoms with Gasteiger partial charge in [-0.2, -0.15) is 4.31 Å². The summed E-state index contributed by atoms with van der Waals surface area (Å²) in [6, 6.07) is 8.06. The van der Waals surface area contributed by atoms with E-state index in [1.807, 2.05) is 0 Å². The molecule has 0 unspecified atom stereocenters. The van der Waals surface area contributed by atoms with Gasteiger partial charge in [-0.1, -0.05) is 0 Å². The van der Waals surface area contributed by atoms with E-state index in [0.29, 0.717) is 30.3 Å². The number of methoxy groups -OCH3 is 1. The summed E-state index contributed by atoms with van der Waals surface area (Å²) in [5.74, 6) is 0.533. The summed E-state index contributed by atoms with van der Waals surface area (Å²) >= 11 is 0. The second-order valence-electron chi connectivity index (χ2n) is 7.40. The van der Waals surface area contributed by atoms with Gasteiger partial charge < -0.3 is 19.7 Å². The maximum absolute atomic E-state index is 13.2. The fraction of sp³-hybridized carbons (Fsp3) is 0.429. The first-order chi connectivity index (χ1) is 15.0. The lowest BCUT2D eigenvalue weighted by molar-refractivity contribution is 0.0729. The Kier molecular flexibility index (Phi) is 6.40. The smallest absolute Gasteiger partial charge is 0.259 e. The number of amides is 1. The Bertz CT molecular complexity index is 1050. The highest BCUT2D eigenvalue weighted by Crippen LogP contribution is 2.31. The van der Waals surface area contributed by atoms with Crippen molar-refractivity contribution in [3.63, 3.8) is 0 Å². The molecular formula is C21H26N4O5S. The predicted molar refractivity (Wildman–Crippen MR) is 116 cm³/mol. The van der Waals surface area contributed by atoms with Crippen LogP contribution in [-0.2, 0) is 14.8 Å². The first kappa shape index (κ1) is 21.5. The van der Waals surface area contributed by atoms with Crippen LogP contribution in [0.2, 0.25) is 0 Å². The van der Waals surface area contributed by atoms with E-state index in [2.05, 4.69) is 15.2 Å². The Balaban J connectivity index is 1.61. The topological polar surface area (TPSA) is 101 Å². The Labute approximate surface area is 182 Å². The van der Waals surface area contributed by atoms with Gasteiger partial charge in [-0.15, -0.1) is 0 Å². The molecule has 9 nitrogen and oxygen atoms in total. The molecule has 2 saturated heterocycles. The molecule has 0 bridgehead atoms. The van der Waals surface area contributed by atoms with Crippen molar-refractivity contribution in [2.24, 2.45) is 0 Å². The van der Waals surface area contributed by atoms with Gasteiger partial charge in [0.05, 0.1) is 25.9 Å². The van der Waals surface area contributed by atoms with Gasteiger partial charge in [-0.05, 0) is 43.2 Å². The summed E-state index contributed by atoms with van der Waals surface area (Å²) in [6.07, 6.45) is 3.81. The molecule has 3 heterocycles. The van der Waals surface area contributed by atoms with Crippen molar-refractivity contribution in [2.75, 3.05) is 56.7 Å². The van der Waals surface area contributed by atoms with Gasteiger partial charge in [0.25, 0.3) is 5.91 Å². The molecule has 2 aromatic rings. The first-order valence-corrected chi connectivity index (χ1v) is 11.7. The van der Waals surface area contributed by atoms with E-state index >= 15 is 0 Å². The van der Waals surface area contributed by atoms with Crippen LogP contribution >= 0.6 is 0 Å². The number of ether oxygens (including phenoxy) is 2. The molecule has 4 rings (SSSR count). The number of carbonyl (C=O) groups is 1. The van der Waals surface area contributed by atoms with Crippen molar-refractivity contribution in [2.45, 2.75) is 17.7 Å². The van der Waals surface area contributed by atoms with Crippen LogP contribution < -0.4 is 15.0 Å². The van der Waals surface area contributed by atoms with Gasteiger partial charge in [-0.3, -0.25) is 4.79 Å². The number of sulfonamides is 1.